The third kappa shape index (κ3) is 2.17. The van der Waals surface area contributed by atoms with Crippen molar-refractivity contribution in [2.75, 3.05) is 11.9 Å². The number of anilines is 1. The normalized spacial score (nSPS) is 23.1. The first kappa shape index (κ1) is 16.7. The Morgan fingerprint density at radius 3 is 2.64 bits per heavy atom. The smallest absolute Gasteiger partial charge is 0.274 e. The van der Waals surface area contributed by atoms with Gasteiger partial charge in [-0.15, -0.1) is 0 Å². The minimum absolute atomic E-state index is 0.0448. The second-order valence-electron chi connectivity index (χ2n) is 7.41. The lowest BCUT2D eigenvalue weighted by atomic mass is 9.72. The zero-order valence-corrected chi connectivity index (χ0v) is 15.5. The first-order chi connectivity index (χ1) is 13.6. The van der Waals surface area contributed by atoms with Crippen molar-refractivity contribution in [3.05, 3.63) is 83.4 Å². The van der Waals surface area contributed by atoms with Gasteiger partial charge in [0, 0.05) is 17.9 Å². The number of nitrogens with zero attached hydrogens (tertiary/aromatic N) is 2. The van der Waals surface area contributed by atoms with Crippen molar-refractivity contribution >= 4 is 17.5 Å². The van der Waals surface area contributed by atoms with Crippen LogP contribution in [0.4, 0.5) is 5.69 Å². The summed E-state index contributed by atoms with van der Waals surface area (Å²) in [5, 5.41) is 3.04. The Bertz CT molecular complexity index is 1070. The van der Waals surface area contributed by atoms with E-state index < -0.39 is 5.41 Å². The number of aromatic nitrogens is 2. The van der Waals surface area contributed by atoms with Gasteiger partial charge < -0.3 is 15.2 Å². The summed E-state index contributed by atoms with van der Waals surface area (Å²) in [5.41, 5.74) is 3.09. The number of hydrogen-bond donors (Lipinski definition) is 2. The highest BCUT2D eigenvalue weighted by Crippen LogP contribution is 2.54. The second-order valence-corrected chi connectivity index (χ2v) is 7.41. The number of carbonyl (C=O) groups is 2. The molecule has 5 rings (SSSR count). The van der Waals surface area contributed by atoms with Gasteiger partial charge >= 0.3 is 0 Å². The van der Waals surface area contributed by atoms with Crippen LogP contribution in [-0.4, -0.2) is 33.2 Å². The van der Waals surface area contributed by atoms with E-state index in [1.54, 1.807) is 4.90 Å². The number of nitrogens with one attached hydrogen (secondary N) is 2. The molecule has 28 heavy (non-hydrogen) atoms. The molecule has 1 spiro atoms. The summed E-state index contributed by atoms with van der Waals surface area (Å²) in [6.45, 7) is 2.33. The zero-order valence-electron chi connectivity index (χ0n) is 15.5. The van der Waals surface area contributed by atoms with Crippen molar-refractivity contribution in [2.24, 2.45) is 0 Å². The van der Waals surface area contributed by atoms with E-state index in [0.29, 0.717) is 18.7 Å². The fraction of sp³-hybridized carbons (Fsp3) is 0.227. The number of benzene rings is 2. The maximum absolute atomic E-state index is 13.4. The zero-order chi connectivity index (χ0) is 19.3. The first-order valence-electron chi connectivity index (χ1n) is 9.40. The Morgan fingerprint density at radius 2 is 1.89 bits per heavy atom. The number of fused-ring (bicyclic) bond motifs is 2. The molecule has 3 aromatic rings. The number of likely N-dealkylation sites (tertiary alicyclic amines) is 1. The number of aromatic amines is 1. The third-order valence-electron chi connectivity index (χ3n) is 6.00. The first-order valence-corrected chi connectivity index (χ1v) is 9.40. The molecule has 6 nitrogen and oxygen atoms in total. The van der Waals surface area contributed by atoms with Crippen molar-refractivity contribution < 1.29 is 9.59 Å². The van der Waals surface area contributed by atoms with Gasteiger partial charge in [-0.05, 0) is 30.5 Å². The summed E-state index contributed by atoms with van der Waals surface area (Å²) in [6.07, 6.45) is 2.11. The fourth-order valence-corrected chi connectivity index (χ4v) is 4.71. The average Bonchev–Trinajstić information content (AvgIpc) is 3.40. The number of rotatable bonds is 2. The highest BCUT2D eigenvalue weighted by molar-refractivity contribution is 6.08. The molecule has 2 amide bonds. The molecule has 2 aromatic carbocycles. The summed E-state index contributed by atoms with van der Waals surface area (Å²) in [7, 11) is 0. The molecule has 6 heteroatoms. The highest BCUT2D eigenvalue weighted by Gasteiger charge is 2.59. The number of imidazole rings is 1. The lowest BCUT2D eigenvalue weighted by molar-refractivity contribution is -0.121. The molecule has 0 bridgehead atoms. The molecular formula is C22H20N4O2. The molecule has 140 valence electrons. The quantitative estimate of drug-likeness (QED) is 0.725. The number of aryl methyl sites for hydroxylation is 1. The number of H-pyrrole nitrogens is 1. The maximum atomic E-state index is 13.4. The van der Waals surface area contributed by atoms with E-state index in [4.69, 9.17) is 0 Å². The van der Waals surface area contributed by atoms with E-state index in [1.807, 2.05) is 61.5 Å². The molecule has 0 radical (unpaired) electrons. The van der Waals surface area contributed by atoms with Crippen molar-refractivity contribution in [3.63, 3.8) is 0 Å². The van der Waals surface area contributed by atoms with Crippen molar-refractivity contribution in [1.29, 1.82) is 0 Å². The number of para-hydroxylation sites is 1. The molecule has 3 heterocycles. The van der Waals surface area contributed by atoms with Gasteiger partial charge in [0.05, 0.1) is 12.4 Å². The minimum atomic E-state index is -0.794. The van der Waals surface area contributed by atoms with Crippen LogP contribution in [0.3, 0.4) is 0 Å². The van der Waals surface area contributed by atoms with Crippen LogP contribution in [0.25, 0.3) is 0 Å². The largest absolute Gasteiger partial charge is 0.348 e. The van der Waals surface area contributed by atoms with E-state index in [2.05, 4.69) is 15.3 Å². The molecule has 2 aliphatic rings. The van der Waals surface area contributed by atoms with Gasteiger partial charge in [0.25, 0.3) is 5.91 Å². The third-order valence-corrected chi connectivity index (χ3v) is 6.00. The van der Waals surface area contributed by atoms with Crippen LogP contribution in [0.2, 0.25) is 0 Å². The lowest BCUT2D eigenvalue weighted by Gasteiger charge is -2.34. The lowest BCUT2D eigenvalue weighted by Crippen LogP contribution is -2.42. The van der Waals surface area contributed by atoms with Gasteiger partial charge in [-0.3, -0.25) is 9.59 Å². The molecule has 0 unspecified atom stereocenters. The Morgan fingerprint density at radius 1 is 1.14 bits per heavy atom. The number of hydrogen-bond acceptors (Lipinski definition) is 3. The van der Waals surface area contributed by atoms with Gasteiger partial charge in [0.15, 0.2) is 0 Å². The maximum Gasteiger partial charge on any atom is 0.274 e. The monoisotopic (exact) mass is 372 g/mol. The fourth-order valence-electron chi connectivity index (χ4n) is 4.71. The number of carbonyl (C=O) groups excluding carboxylic acids is 2. The Kier molecular flexibility index (Phi) is 3.62. The van der Waals surface area contributed by atoms with Gasteiger partial charge in [-0.2, -0.15) is 0 Å². The molecule has 1 aromatic heterocycles. The van der Waals surface area contributed by atoms with E-state index >= 15 is 0 Å². The average molecular weight is 372 g/mol. The van der Waals surface area contributed by atoms with Crippen molar-refractivity contribution in [3.8, 4) is 0 Å². The molecule has 2 aliphatic heterocycles. The van der Waals surface area contributed by atoms with Crippen LogP contribution < -0.4 is 5.32 Å². The predicted octanol–water partition coefficient (Wildman–Crippen LogP) is 3.20. The van der Waals surface area contributed by atoms with Crippen LogP contribution in [0, 0.1) is 6.92 Å². The second kappa shape index (κ2) is 6.05. The van der Waals surface area contributed by atoms with E-state index in [-0.39, 0.29) is 17.9 Å². The van der Waals surface area contributed by atoms with Crippen LogP contribution in [0.1, 0.15) is 39.8 Å². The molecular weight excluding hydrogens is 352 g/mol. The summed E-state index contributed by atoms with van der Waals surface area (Å²) in [4.78, 5) is 35.7. The Hall–Kier alpha value is -3.41. The van der Waals surface area contributed by atoms with Gasteiger partial charge in [-0.25, -0.2) is 4.98 Å². The molecule has 2 atom stereocenters. The van der Waals surface area contributed by atoms with Crippen LogP contribution >= 0.6 is 0 Å². The van der Waals surface area contributed by atoms with Gasteiger partial charge in [0.1, 0.15) is 11.1 Å². The predicted molar refractivity (Wildman–Crippen MR) is 105 cm³/mol. The summed E-state index contributed by atoms with van der Waals surface area (Å²) in [6, 6.07) is 17.2. The molecule has 1 saturated heterocycles. The Labute approximate surface area is 162 Å². The summed E-state index contributed by atoms with van der Waals surface area (Å²) in [5.74, 6) is -0.196. The topological polar surface area (TPSA) is 78.1 Å². The molecule has 2 N–H and O–H groups in total. The molecule has 0 aliphatic carbocycles. The van der Waals surface area contributed by atoms with Gasteiger partial charge in [-0.1, -0.05) is 48.5 Å². The molecule has 0 saturated carbocycles. The SMILES string of the molecule is Cc1[nH]cnc1C(=O)N1CC[C@]2(C(=O)Nc3ccccc32)[C@@H]1c1ccccc1. The summed E-state index contributed by atoms with van der Waals surface area (Å²) < 4.78 is 0. The van der Waals surface area contributed by atoms with Crippen molar-refractivity contribution in [2.45, 2.75) is 24.8 Å². The highest BCUT2D eigenvalue weighted by atomic mass is 16.2. The van der Waals surface area contributed by atoms with Gasteiger partial charge in [0.2, 0.25) is 5.91 Å². The minimum Gasteiger partial charge on any atom is -0.348 e. The molecule has 1 fully saturated rings. The van der Waals surface area contributed by atoms with Crippen LogP contribution in [0.5, 0.6) is 0 Å². The van der Waals surface area contributed by atoms with E-state index in [0.717, 1.165) is 22.5 Å². The van der Waals surface area contributed by atoms with E-state index in [1.165, 1.54) is 6.33 Å². The number of amides is 2. The van der Waals surface area contributed by atoms with Crippen LogP contribution in [-0.2, 0) is 10.2 Å². The standard InChI is InChI=1S/C22H20N4O2/c1-14-18(24-13-23-14)20(27)26-12-11-22(19(26)15-7-3-2-4-8-15)16-9-5-6-10-17(16)25-21(22)28/h2-10,13,19H,11-12H2,1H3,(H,23,24)(H,25,28)/t19-,22+/m0/s1. The Balaban J connectivity index is 1.69. The van der Waals surface area contributed by atoms with Crippen LogP contribution in [0.15, 0.2) is 60.9 Å². The summed E-state index contributed by atoms with van der Waals surface area (Å²) >= 11 is 0. The van der Waals surface area contributed by atoms with Crippen molar-refractivity contribution in [1.82, 2.24) is 14.9 Å². The van der Waals surface area contributed by atoms with E-state index in [9.17, 15) is 9.59 Å².